The van der Waals surface area contributed by atoms with Gasteiger partial charge in [0.15, 0.2) is 0 Å². The predicted octanol–water partition coefficient (Wildman–Crippen LogP) is 1.41. The molecule has 12 heavy (non-hydrogen) atoms. The molecule has 0 aromatic carbocycles. The monoisotopic (exact) mass is 179 g/mol. The minimum absolute atomic E-state index is 0.0361. The number of halogens is 2. The van der Waals surface area contributed by atoms with Crippen molar-refractivity contribution < 1.29 is 13.5 Å². The molecule has 2 nitrogen and oxygen atoms in total. The van der Waals surface area contributed by atoms with E-state index in [1.807, 2.05) is 0 Å². The van der Waals surface area contributed by atoms with E-state index in [4.69, 9.17) is 4.74 Å². The fourth-order valence-corrected chi connectivity index (χ4v) is 1.36. The Hall–Kier alpha value is -0.220. The predicted molar refractivity (Wildman–Crippen MR) is 42.5 cm³/mol. The average Bonchev–Trinajstić information content (AvgIpc) is 2.28. The first-order chi connectivity index (χ1) is 5.79. The van der Waals surface area contributed by atoms with E-state index in [-0.39, 0.29) is 6.10 Å². The van der Waals surface area contributed by atoms with Gasteiger partial charge < -0.3 is 10.1 Å². The van der Waals surface area contributed by atoms with Crippen molar-refractivity contribution in [2.45, 2.75) is 31.8 Å². The van der Waals surface area contributed by atoms with E-state index >= 15 is 0 Å². The van der Waals surface area contributed by atoms with Gasteiger partial charge in [0, 0.05) is 0 Å². The lowest BCUT2D eigenvalue weighted by Gasteiger charge is -2.14. The van der Waals surface area contributed by atoms with E-state index in [9.17, 15) is 8.78 Å². The van der Waals surface area contributed by atoms with Gasteiger partial charge in [0.25, 0.3) is 6.43 Å². The zero-order valence-corrected chi connectivity index (χ0v) is 7.06. The second-order valence-corrected chi connectivity index (χ2v) is 3.03. The molecule has 0 bridgehead atoms. The summed E-state index contributed by atoms with van der Waals surface area (Å²) in [5, 5.41) is 3.20. The molecule has 0 aromatic heterocycles. The Kier molecular flexibility index (Phi) is 4.46. The number of nitrogens with one attached hydrogen (secondary N) is 1. The maximum atomic E-state index is 11.8. The average molecular weight is 179 g/mol. The first kappa shape index (κ1) is 9.86. The number of ether oxygens (including phenoxy) is 1. The maximum absolute atomic E-state index is 11.8. The van der Waals surface area contributed by atoms with Crippen LogP contribution in [0.3, 0.4) is 0 Å². The lowest BCUT2D eigenvalue weighted by molar-refractivity contribution is -0.0277. The summed E-state index contributed by atoms with van der Waals surface area (Å²) in [4.78, 5) is 0. The summed E-state index contributed by atoms with van der Waals surface area (Å²) < 4.78 is 28.5. The summed E-state index contributed by atoms with van der Waals surface area (Å²) in [6.45, 7) is 1.45. The molecule has 1 fully saturated rings. The van der Waals surface area contributed by atoms with Gasteiger partial charge in [-0.05, 0) is 32.4 Å². The molecule has 1 rings (SSSR count). The van der Waals surface area contributed by atoms with Gasteiger partial charge in [-0.1, -0.05) is 0 Å². The van der Waals surface area contributed by atoms with Crippen molar-refractivity contribution in [3.63, 3.8) is 0 Å². The molecule has 0 radical (unpaired) electrons. The molecule has 1 N–H and O–H groups in total. The van der Waals surface area contributed by atoms with Crippen molar-refractivity contribution >= 4 is 0 Å². The quantitative estimate of drug-likeness (QED) is 0.707. The molecule has 1 aliphatic rings. The van der Waals surface area contributed by atoms with Gasteiger partial charge in [-0.2, -0.15) is 0 Å². The third-order valence-corrected chi connectivity index (χ3v) is 1.98. The Labute approximate surface area is 71.3 Å². The summed E-state index contributed by atoms with van der Waals surface area (Å²) >= 11 is 0. The topological polar surface area (TPSA) is 21.3 Å². The molecule has 72 valence electrons. The van der Waals surface area contributed by atoms with Crippen molar-refractivity contribution in [2.24, 2.45) is 0 Å². The molecule has 1 heterocycles. The number of rotatable bonds is 3. The molecule has 1 aliphatic heterocycles. The third-order valence-electron chi connectivity index (χ3n) is 1.98. The van der Waals surface area contributed by atoms with E-state index in [1.54, 1.807) is 0 Å². The smallest absolute Gasteiger partial charge is 0.261 e. The summed E-state index contributed by atoms with van der Waals surface area (Å²) in [5.74, 6) is 0. The molecule has 4 heteroatoms. The number of hydrogen-bond donors (Lipinski definition) is 1. The molecule has 0 saturated carbocycles. The van der Waals surface area contributed by atoms with Crippen LogP contribution in [0, 0.1) is 0 Å². The first-order valence-electron chi connectivity index (χ1n) is 4.39. The van der Waals surface area contributed by atoms with Gasteiger partial charge in [-0.15, -0.1) is 0 Å². The lowest BCUT2D eigenvalue weighted by atomic mass is 10.2. The van der Waals surface area contributed by atoms with Crippen molar-refractivity contribution in [2.75, 3.05) is 19.7 Å². The Morgan fingerprint density at radius 2 is 2.17 bits per heavy atom. The minimum atomic E-state index is -2.33. The van der Waals surface area contributed by atoms with Crippen LogP contribution < -0.4 is 5.32 Å². The molecule has 0 aromatic rings. The Bertz CT molecular complexity index is 114. The molecule has 1 saturated heterocycles. The van der Waals surface area contributed by atoms with E-state index in [0.29, 0.717) is 0 Å². The van der Waals surface area contributed by atoms with Gasteiger partial charge in [0.05, 0.1) is 6.10 Å². The molecular formula is C8H15F2NO. The standard InChI is InChI=1S/C8H15F2NO/c9-8(10)6-12-7-2-1-4-11-5-3-7/h7-8,11H,1-6H2. The van der Waals surface area contributed by atoms with Gasteiger partial charge in [0.2, 0.25) is 0 Å². The summed E-state index contributed by atoms with van der Waals surface area (Å²) in [6, 6.07) is 0. The maximum Gasteiger partial charge on any atom is 0.261 e. The Morgan fingerprint density at radius 1 is 1.33 bits per heavy atom. The molecule has 0 spiro atoms. The second kappa shape index (κ2) is 5.43. The lowest BCUT2D eigenvalue weighted by Crippen LogP contribution is -2.19. The number of alkyl halides is 2. The zero-order chi connectivity index (χ0) is 8.81. The zero-order valence-electron chi connectivity index (χ0n) is 7.06. The van der Waals surface area contributed by atoms with Crippen LogP contribution in [-0.4, -0.2) is 32.2 Å². The van der Waals surface area contributed by atoms with E-state index < -0.39 is 13.0 Å². The summed E-state index contributed by atoms with van der Waals surface area (Å²) in [6.07, 6.45) is 0.482. The fraction of sp³-hybridized carbons (Fsp3) is 1.00. The highest BCUT2D eigenvalue weighted by molar-refractivity contribution is 4.66. The van der Waals surface area contributed by atoms with Crippen LogP contribution in [0.2, 0.25) is 0 Å². The molecule has 1 unspecified atom stereocenters. The van der Waals surface area contributed by atoms with Crippen molar-refractivity contribution in [3.8, 4) is 0 Å². The van der Waals surface area contributed by atoms with Gasteiger partial charge in [-0.3, -0.25) is 0 Å². The Balaban J connectivity index is 2.12. The first-order valence-corrected chi connectivity index (χ1v) is 4.39. The van der Waals surface area contributed by atoms with E-state index in [2.05, 4.69) is 5.32 Å². The van der Waals surface area contributed by atoms with Crippen LogP contribution in [0.5, 0.6) is 0 Å². The number of hydrogen-bond acceptors (Lipinski definition) is 2. The van der Waals surface area contributed by atoms with Crippen molar-refractivity contribution in [3.05, 3.63) is 0 Å². The normalized spacial score (nSPS) is 25.8. The largest absolute Gasteiger partial charge is 0.372 e. The third kappa shape index (κ3) is 3.97. The highest BCUT2D eigenvalue weighted by Crippen LogP contribution is 2.10. The Morgan fingerprint density at radius 3 is 2.92 bits per heavy atom. The van der Waals surface area contributed by atoms with Crippen molar-refractivity contribution in [1.82, 2.24) is 5.32 Å². The molecule has 0 amide bonds. The van der Waals surface area contributed by atoms with Gasteiger partial charge in [0.1, 0.15) is 6.61 Å². The minimum Gasteiger partial charge on any atom is -0.372 e. The van der Waals surface area contributed by atoms with Crippen LogP contribution in [0.25, 0.3) is 0 Å². The fourth-order valence-electron chi connectivity index (χ4n) is 1.36. The summed E-state index contributed by atoms with van der Waals surface area (Å²) in [5.41, 5.74) is 0. The van der Waals surface area contributed by atoms with Gasteiger partial charge in [-0.25, -0.2) is 8.78 Å². The van der Waals surface area contributed by atoms with E-state index in [0.717, 1.165) is 32.4 Å². The van der Waals surface area contributed by atoms with Crippen LogP contribution in [0.1, 0.15) is 19.3 Å². The van der Waals surface area contributed by atoms with Crippen LogP contribution in [-0.2, 0) is 4.74 Å². The highest BCUT2D eigenvalue weighted by atomic mass is 19.3. The van der Waals surface area contributed by atoms with Crippen molar-refractivity contribution in [1.29, 1.82) is 0 Å². The summed E-state index contributed by atoms with van der Waals surface area (Å²) in [7, 11) is 0. The SMILES string of the molecule is FC(F)COC1CCCNCC1. The molecular weight excluding hydrogens is 164 g/mol. The molecule has 0 aliphatic carbocycles. The molecule has 1 atom stereocenters. The van der Waals surface area contributed by atoms with Crippen LogP contribution in [0.4, 0.5) is 8.78 Å². The van der Waals surface area contributed by atoms with Crippen LogP contribution in [0.15, 0.2) is 0 Å². The highest BCUT2D eigenvalue weighted by Gasteiger charge is 2.13. The van der Waals surface area contributed by atoms with E-state index in [1.165, 1.54) is 0 Å². The second-order valence-electron chi connectivity index (χ2n) is 3.03. The van der Waals surface area contributed by atoms with Crippen LogP contribution >= 0.6 is 0 Å². The van der Waals surface area contributed by atoms with Gasteiger partial charge >= 0.3 is 0 Å².